The van der Waals surface area contributed by atoms with Gasteiger partial charge < -0.3 is 10.4 Å². The van der Waals surface area contributed by atoms with Crippen LogP contribution in [0.15, 0.2) is 54.6 Å². The Kier molecular flexibility index (Phi) is 5.78. The normalized spacial score (nSPS) is 24.4. The summed E-state index contributed by atoms with van der Waals surface area (Å²) in [4.78, 5) is 13.3. The van der Waals surface area contributed by atoms with Crippen LogP contribution in [0.4, 0.5) is 0 Å². The number of hydrogen-bond donors (Lipinski definition) is 3. The monoisotopic (exact) mass is 449 g/mol. The lowest BCUT2D eigenvalue weighted by Crippen LogP contribution is -2.41. The molecule has 32 heavy (non-hydrogen) atoms. The van der Waals surface area contributed by atoms with Gasteiger partial charge in [-0.15, -0.1) is 0 Å². The Morgan fingerprint density at radius 2 is 2.03 bits per heavy atom. The summed E-state index contributed by atoms with van der Waals surface area (Å²) in [6.07, 6.45) is 5.66. The van der Waals surface area contributed by atoms with Crippen molar-refractivity contribution in [2.24, 2.45) is 0 Å². The zero-order valence-electron chi connectivity index (χ0n) is 18.0. The standard InChI is InChI=1S/C26H28ClN3O2/c27-20-11-6-7-17(14-20)13-19-10-4-5-12-21-23(19)29-30-24(21)25(32)28-26(16-31)15-22(26)18-8-2-1-3-9-18/h1-3,6-9,11,14,19,22,31H,4-5,10,12-13,15-16H2,(H,28,32)(H,29,30)/t19?,22-,26+/m0/s1. The van der Waals surface area contributed by atoms with Crippen LogP contribution in [0.2, 0.25) is 5.02 Å². The zero-order valence-corrected chi connectivity index (χ0v) is 18.7. The highest BCUT2D eigenvalue weighted by atomic mass is 35.5. The van der Waals surface area contributed by atoms with Gasteiger partial charge in [0.1, 0.15) is 0 Å². The number of aromatic nitrogens is 2. The Balaban J connectivity index is 1.36. The zero-order chi connectivity index (χ0) is 22.1. The largest absolute Gasteiger partial charge is 0.394 e. The fourth-order valence-electron chi connectivity index (χ4n) is 5.21. The number of carbonyl (C=O) groups is 1. The second kappa shape index (κ2) is 8.72. The van der Waals surface area contributed by atoms with Crippen LogP contribution in [-0.4, -0.2) is 33.4 Å². The average Bonchev–Trinajstić information content (AvgIpc) is 3.42. The van der Waals surface area contributed by atoms with Gasteiger partial charge >= 0.3 is 0 Å². The van der Waals surface area contributed by atoms with Gasteiger partial charge in [0, 0.05) is 28.1 Å². The highest BCUT2D eigenvalue weighted by Crippen LogP contribution is 2.51. The van der Waals surface area contributed by atoms with Crippen LogP contribution < -0.4 is 5.32 Å². The van der Waals surface area contributed by atoms with Gasteiger partial charge in [-0.3, -0.25) is 9.89 Å². The first-order valence-corrected chi connectivity index (χ1v) is 11.8. The number of hydrogen-bond acceptors (Lipinski definition) is 3. The second-order valence-corrected chi connectivity index (χ2v) is 9.61. The summed E-state index contributed by atoms with van der Waals surface area (Å²) in [5.74, 6) is 0.217. The molecule has 3 N–H and O–H groups in total. The Hall–Kier alpha value is -2.63. The van der Waals surface area contributed by atoms with Gasteiger partial charge in [0.05, 0.1) is 12.1 Å². The molecule has 0 saturated heterocycles. The molecule has 2 aromatic carbocycles. The van der Waals surface area contributed by atoms with Crippen molar-refractivity contribution >= 4 is 17.5 Å². The average molecular weight is 450 g/mol. The van der Waals surface area contributed by atoms with Crippen LogP contribution in [-0.2, 0) is 12.8 Å². The van der Waals surface area contributed by atoms with Crippen molar-refractivity contribution in [1.82, 2.24) is 15.5 Å². The number of aliphatic hydroxyl groups excluding tert-OH is 1. The molecule has 1 unspecified atom stereocenters. The van der Waals surface area contributed by atoms with Crippen LogP contribution in [0, 0.1) is 0 Å². The predicted octanol–water partition coefficient (Wildman–Crippen LogP) is 4.76. The smallest absolute Gasteiger partial charge is 0.272 e. The molecule has 3 aromatic rings. The molecule has 1 fully saturated rings. The first kappa shape index (κ1) is 21.2. The van der Waals surface area contributed by atoms with Crippen molar-refractivity contribution in [2.75, 3.05) is 6.61 Å². The highest BCUT2D eigenvalue weighted by molar-refractivity contribution is 6.30. The Morgan fingerprint density at radius 1 is 1.19 bits per heavy atom. The topological polar surface area (TPSA) is 78.0 Å². The molecule has 0 spiro atoms. The van der Waals surface area contributed by atoms with Crippen LogP contribution in [0.5, 0.6) is 0 Å². The number of benzene rings is 2. The molecule has 0 radical (unpaired) electrons. The van der Waals surface area contributed by atoms with E-state index in [1.165, 1.54) is 5.56 Å². The maximum Gasteiger partial charge on any atom is 0.272 e. The number of nitrogens with zero attached hydrogens (tertiary/aromatic N) is 1. The van der Waals surface area contributed by atoms with Crippen molar-refractivity contribution in [3.8, 4) is 0 Å². The minimum Gasteiger partial charge on any atom is -0.394 e. The molecule has 1 heterocycles. The lowest BCUT2D eigenvalue weighted by molar-refractivity contribution is 0.0897. The summed E-state index contributed by atoms with van der Waals surface area (Å²) in [6.45, 7) is -0.0810. The van der Waals surface area contributed by atoms with Crippen LogP contribution in [0.25, 0.3) is 0 Å². The minimum atomic E-state index is -0.602. The van der Waals surface area contributed by atoms with Gasteiger partial charge in [-0.1, -0.05) is 60.5 Å². The summed E-state index contributed by atoms with van der Waals surface area (Å²) in [6, 6.07) is 18.0. The summed E-state index contributed by atoms with van der Waals surface area (Å²) in [5, 5.41) is 21.6. The molecule has 6 heteroatoms. The van der Waals surface area contributed by atoms with Crippen LogP contribution in [0.3, 0.4) is 0 Å². The minimum absolute atomic E-state index is 0.0810. The lowest BCUT2D eigenvalue weighted by Gasteiger charge is -2.17. The molecule has 1 amide bonds. The van der Waals surface area contributed by atoms with E-state index in [2.05, 4.69) is 33.7 Å². The van der Waals surface area contributed by atoms with Crippen molar-refractivity contribution in [1.29, 1.82) is 0 Å². The number of aromatic amines is 1. The first-order chi connectivity index (χ1) is 15.6. The molecule has 5 rings (SSSR count). The van der Waals surface area contributed by atoms with Crippen molar-refractivity contribution in [2.45, 2.75) is 55.9 Å². The number of amides is 1. The van der Waals surface area contributed by atoms with Crippen molar-refractivity contribution in [3.63, 3.8) is 0 Å². The number of rotatable bonds is 6. The summed E-state index contributed by atoms with van der Waals surface area (Å²) < 4.78 is 0. The van der Waals surface area contributed by atoms with E-state index < -0.39 is 5.54 Å². The quantitative estimate of drug-likeness (QED) is 0.474. The van der Waals surface area contributed by atoms with Crippen LogP contribution in [0.1, 0.15) is 70.4 Å². The third-order valence-electron chi connectivity index (χ3n) is 7.04. The molecule has 1 saturated carbocycles. The summed E-state index contributed by atoms with van der Waals surface area (Å²) in [5.41, 5.74) is 4.31. The molecule has 2 aliphatic rings. The molecule has 3 atom stereocenters. The van der Waals surface area contributed by atoms with E-state index in [-0.39, 0.29) is 24.3 Å². The Labute approximate surface area is 193 Å². The number of nitrogens with one attached hydrogen (secondary N) is 2. The van der Waals surface area contributed by atoms with E-state index in [0.717, 1.165) is 60.4 Å². The molecule has 1 aromatic heterocycles. The molecule has 2 aliphatic carbocycles. The number of carbonyl (C=O) groups excluding carboxylic acids is 1. The first-order valence-electron chi connectivity index (χ1n) is 11.4. The highest BCUT2D eigenvalue weighted by Gasteiger charge is 2.56. The third kappa shape index (κ3) is 4.07. The molecule has 166 valence electrons. The predicted molar refractivity (Wildman–Crippen MR) is 125 cm³/mol. The molecular formula is C26H28ClN3O2. The lowest BCUT2D eigenvalue weighted by atomic mass is 9.91. The molecule has 5 nitrogen and oxygen atoms in total. The van der Waals surface area contributed by atoms with E-state index in [1.54, 1.807) is 0 Å². The number of aliphatic hydroxyl groups is 1. The van der Waals surface area contributed by atoms with E-state index in [4.69, 9.17) is 11.6 Å². The maximum atomic E-state index is 13.3. The van der Waals surface area contributed by atoms with Crippen molar-refractivity contribution in [3.05, 3.63) is 87.7 Å². The molecular weight excluding hydrogens is 422 g/mol. The number of fused-ring (bicyclic) bond motifs is 1. The third-order valence-corrected chi connectivity index (χ3v) is 7.28. The van der Waals surface area contributed by atoms with Gasteiger partial charge in [-0.25, -0.2) is 0 Å². The van der Waals surface area contributed by atoms with Gasteiger partial charge in [-0.2, -0.15) is 5.10 Å². The Morgan fingerprint density at radius 3 is 2.81 bits per heavy atom. The van der Waals surface area contributed by atoms with Gasteiger partial charge in [-0.05, 0) is 55.4 Å². The van der Waals surface area contributed by atoms with Gasteiger partial charge in [0.25, 0.3) is 5.91 Å². The maximum absolute atomic E-state index is 13.3. The van der Waals surface area contributed by atoms with E-state index in [9.17, 15) is 9.90 Å². The summed E-state index contributed by atoms with van der Waals surface area (Å²) >= 11 is 6.18. The van der Waals surface area contributed by atoms with E-state index >= 15 is 0 Å². The number of H-pyrrole nitrogens is 1. The van der Waals surface area contributed by atoms with Crippen LogP contribution >= 0.6 is 11.6 Å². The van der Waals surface area contributed by atoms with Gasteiger partial charge in [0.15, 0.2) is 5.69 Å². The fourth-order valence-corrected chi connectivity index (χ4v) is 5.42. The van der Waals surface area contributed by atoms with Crippen molar-refractivity contribution < 1.29 is 9.90 Å². The fraction of sp³-hybridized carbons (Fsp3) is 0.385. The number of halogens is 1. The second-order valence-electron chi connectivity index (χ2n) is 9.18. The molecule has 0 bridgehead atoms. The molecule has 0 aliphatic heterocycles. The van der Waals surface area contributed by atoms with Gasteiger partial charge in [0.2, 0.25) is 0 Å². The summed E-state index contributed by atoms with van der Waals surface area (Å²) in [7, 11) is 0. The van der Waals surface area contributed by atoms with E-state index in [0.29, 0.717) is 5.69 Å². The Bertz CT molecular complexity index is 1110. The van der Waals surface area contributed by atoms with E-state index in [1.807, 2.05) is 36.4 Å². The SMILES string of the molecule is O=C(N[C@@]1(CO)C[C@H]1c1ccccc1)c1n[nH]c2c1CCCCC2Cc1cccc(Cl)c1.